The summed E-state index contributed by atoms with van der Waals surface area (Å²) in [5.74, 6) is 1.25. The van der Waals surface area contributed by atoms with Gasteiger partial charge in [0.25, 0.3) is 5.82 Å². The molecule has 0 aromatic carbocycles. The predicted octanol–water partition coefficient (Wildman–Crippen LogP) is 1.62. The molecule has 0 spiro atoms. The van der Waals surface area contributed by atoms with Gasteiger partial charge in [0.2, 0.25) is 0 Å². The van der Waals surface area contributed by atoms with Gasteiger partial charge < -0.3 is 12.4 Å². The van der Waals surface area contributed by atoms with Crippen molar-refractivity contribution >= 4 is 0 Å². The second-order valence-electron chi connectivity index (χ2n) is 5.91. The Morgan fingerprint density at radius 1 is 0.900 bits per heavy atom. The van der Waals surface area contributed by atoms with Crippen molar-refractivity contribution in [2.24, 2.45) is 7.05 Å². The lowest BCUT2D eigenvalue weighted by molar-refractivity contribution is -0.676. The summed E-state index contributed by atoms with van der Waals surface area (Å²) in [6.45, 7) is 4.41. The number of aromatic nitrogens is 2. The van der Waals surface area contributed by atoms with Crippen molar-refractivity contribution in [3.63, 3.8) is 0 Å². The molecule has 0 unspecified atom stereocenters. The second-order valence-corrected chi connectivity index (χ2v) is 5.91. The average molecular weight is 301 g/mol. The summed E-state index contributed by atoms with van der Waals surface area (Å²) < 4.78 is 2.17. The molecule has 118 valence electrons. The molecule has 1 N–H and O–H groups in total. The number of rotatable bonds is 11. The Kier molecular flexibility index (Phi) is 12.0. The lowest BCUT2D eigenvalue weighted by Gasteiger charge is -2.01. The molecule has 0 radical (unpaired) electrons. The maximum atomic E-state index is 3.44. The summed E-state index contributed by atoms with van der Waals surface area (Å²) >= 11 is 0. The maximum absolute atomic E-state index is 3.44. The van der Waals surface area contributed by atoms with Crippen molar-refractivity contribution < 1.29 is 17.0 Å². The van der Waals surface area contributed by atoms with E-state index in [1.54, 1.807) is 0 Å². The summed E-state index contributed by atoms with van der Waals surface area (Å²) in [5, 5.41) is 0. The van der Waals surface area contributed by atoms with Gasteiger partial charge in [-0.3, -0.25) is 0 Å². The van der Waals surface area contributed by atoms with Crippen molar-refractivity contribution in [2.45, 2.75) is 84.5 Å². The van der Waals surface area contributed by atoms with E-state index >= 15 is 0 Å². The van der Waals surface area contributed by atoms with Crippen LogP contribution in [0.1, 0.15) is 82.7 Å². The Bertz CT molecular complexity index is 314. The molecular weight excluding hydrogens is 268 g/mol. The van der Waals surface area contributed by atoms with Crippen LogP contribution in [0.2, 0.25) is 0 Å². The number of aromatic amines is 1. The Labute approximate surface area is 131 Å². The molecule has 1 aromatic heterocycles. The Hall–Kier alpha value is -0.500. The van der Waals surface area contributed by atoms with Gasteiger partial charge in [-0.15, -0.1) is 0 Å². The van der Waals surface area contributed by atoms with Crippen LogP contribution in [-0.2, 0) is 13.5 Å². The summed E-state index contributed by atoms with van der Waals surface area (Å²) in [5.41, 5.74) is 1.39. The van der Waals surface area contributed by atoms with E-state index in [9.17, 15) is 0 Å². The van der Waals surface area contributed by atoms with E-state index in [-0.39, 0.29) is 12.4 Å². The minimum Gasteiger partial charge on any atom is -1.00 e. The molecular formula is C17H33ClN2. The lowest BCUT2D eigenvalue weighted by Crippen LogP contribution is -3.00. The Balaban J connectivity index is 0.00000361. The predicted molar refractivity (Wildman–Crippen MR) is 82.3 cm³/mol. The van der Waals surface area contributed by atoms with Crippen LogP contribution < -0.4 is 17.0 Å². The van der Waals surface area contributed by atoms with Crippen LogP contribution >= 0.6 is 0 Å². The molecule has 0 aliphatic rings. The summed E-state index contributed by atoms with van der Waals surface area (Å²) in [4.78, 5) is 3.44. The van der Waals surface area contributed by atoms with Gasteiger partial charge in [-0.05, 0) is 6.42 Å². The molecule has 0 amide bonds. The third kappa shape index (κ3) is 8.63. The highest BCUT2D eigenvalue weighted by Gasteiger charge is 2.06. The molecule has 20 heavy (non-hydrogen) atoms. The summed E-state index contributed by atoms with van der Waals surface area (Å²) in [6, 6.07) is 0. The van der Waals surface area contributed by atoms with Crippen molar-refractivity contribution in [1.29, 1.82) is 0 Å². The first kappa shape index (κ1) is 19.5. The average Bonchev–Trinajstić information content (AvgIpc) is 2.71. The zero-order valence-corrected chi connectivity index (χ0v) is 14.4. The standard InChI is InChI=1S/C17H32N2.ClH/c1-4-5-6-7-8-9-10-11-12-13-14-17-15-19(3)16(2)18-17;/h15H,4-14H2,1-3H3;1H. The van der Waals surface area contributed by atoms with E-state index in [2.05, 4.69) is 36.6 Å². The largest absolute Gasteiger partial charge is 1.00 e. The molecule has 0 bridgehead atoms. The molecule has 1 rings (SSSR count). The SMILES string of the molecule is CCCCCCCCCCCCc1c[n+](C)c(C)[nH]1.[Cl-]. The third-order valence-electron chi connectivity index (χ3n) is 4.02. The molecule has 1 aromatic rings. The van der Waals surface area contributed by atoms with E-state index < -0.39 is 0 Å². The molecule has 1 heterocycles. The number of unbranched alkanes of at least 4 members (excludes halogenated alkanes) is 9. The molecule has 0 aliphatic heterocycles. The first-order valence-corrected chi connectivity index (χ1v) is 8.28. The molecule has 0 aliphatic carbocycles. The topological polar surface area (TPSA) is 19.7 Å². The first-order chi connectivity index (χ1) is 9.24. The number of nitrogens with zero attached hydrogens (tertiary/aromatic N) is 1. The van der Waals surface area contributed by atoms with Crippen LogP contribution in [-0.4, -0.2) is 4.98 Å². The van der Waals surface area contributed by atoms with Crippen LogP contribution in [0.4, 0.5) is 0 Å². The van der Waals surface area contributed by atoms with Crippen molar-refractivity contribution in [1.82, 2.24) is 4.98 Å². The molecule has 2 nitrogen and oxygen atoms in total. The van der Waals surface area contributed by atoms with E-state index in [0.29, 0.717) is 0 Å². The van der Waals surface area contributed by atoms with Gasteiger partial charge in [0, 0.05) is 13.3 Å². The lowest BCUT2D eigenvalue weighted by atomic mass is 10.1. The van der Waals surface area contributed by atoms with Crippen molar-refractivity contribution in [3.8, 4) is 0 Å². The van der Waals surface area contributed by atoms with Gasteiger partial charge in [0.05, 0.1) is 7.05 Å². The smallest absolute Gasteiger partial charge is 0.251 e. The fourth-order valence-electron chi connectivity index (χ4n) is 2.61. The molecule has 0 saturated carbocycles. The van der Waals surface area contributed by atoms with E-state index in [1.807, 2.05) is 0 Å². The highest BCUT2D eigenvalue weighted by atomic mass is 35.5. The maximum Gasteiger partial charge on any atom is 0.251 e. The number of hydrogen-bond donors (Lipinski definition) is 1. The highest BCUT2D eigenvalue weighted by molar-refractivity contribution is 4.93. The van der Waals surface area contributed by atoms with Gasteiger partial charge in [-0.2, -0.15) is 0 Å². The van der Waals surface area contributed by atoms with Gasteiger partial charge in [0.15, 0.2) is 0 Å². The zero-order chi connectivity index (χ0) is 13.9. The quantitative estimate of drug-likeness (QED) is 0.473. The third-order valence-corrected chi connectivity index (χ3v) is 4.02. The normalized spacial score (nSPS) is 10.6. The fraction of sp³-hybridized carbons (Fsp3) is 0.824. The van der Waals surface area contributed by atoms with Gasteiger partial charge in [-0.1, -0.05) is 64.7 Å². The first-order valence-electron chi connectivity index (χ1n) is 8.28. The second kappa shape index (κ2) is 12.3. The van der Waals surface area contributed by atoms with Crippen LogP contribution in [0, 0.1) is 6.92 Å². The van der Waals surface area contributed by atoms with E-state index in [1.165, 1.54) is 82.1 Å². The monoisotopic (exact) mass is 300 g/mol. The molecule has 0 saturated heterocycles. The molecule has 3 heteroatoms. The Morgan fingerprint density at radius 2 is 1.40 bits per heavy atom. The van der Waals surface area contributed by atoms with Crippen LogP contribution in [0.15, 0.2) is 6.20 Å². The number of nitrogens with one attached hydrogen (secondary N) is 1. The van der Waals surface area contributed by atoms with E-state index in [4.69, 9.17) is 0 Å². The van der Waals surface area contributed by atoms with Crippen LogP contribution in [0.3, 0.4) is 0 Å². The molecule has 0 atom stereocenters. The van der Waals surface area contributed by atoms with Gasteiger partial charge >= 0.3 is 0 Å². The highest BCUT2D eigenvalue weighted by Crippen LogP contribution is 2.11. The summed E-state index contributed by atoms with van der Waals surface area (Å²) in [7, 11) is 2.11. The Morgan fingerprint density at radius 3 is 1.85 bits per heavy atom. The van der Waals surface area contributed by atoms with Gasteiger partial charge in [0.1, 0.15) is 11.9 Å². The van der Waals surface area contributed by atoms with Crippen LogP contribution in [0.25, 0.3) is 0 Å². The van der Waals surface area contributed by atoms with Crippen molar-refractivity contribution in [2.75, 3.05) is 0 Å². The van der Waals surface area contributed by atoms with E-state index in [0.717, 1.165) is 0 Å². The number of imidazole rings is 1. The number of aryl methyl sites for hydroxylation is 3. The minimum atomic E-state index is 0. The number of hydrogen-bond acceptors (Lipinski definition) is 0. The number of H-pyrrole nitrogens is 1. The number of halogens is 1. The molecule has 0 fully saturated rings. The fourth-order valence-corrected chi connectivity index (χ4v) is 2.61. The summed E-state index contributed by atoms with van der Waals surface area (Å²) in [6.07, 6.45) is 17.6. The minimum absolute atomic E-state index is 0. The van der Waals surface area contributed by atoms with Gasteiger partial charge in [-0.25, -0.2) is 9.55 Å². The van der Waals surface area contributed by atoms with Crippen LogP contribution in [0.5, 0.6) is 0 Å². The van der Waals surface area contributed by atoms with Crippen molar-refractivity contribution in [3.05, 3.63) is 17.7 Å². The zero-order valence-electron chi connectivity index (χ0n) is 13.7.